The highest BCUT2D eigenvalue weighted by Gasteiger charge is 2.50. The van der Waals surface area contributed by atoms with Gasteiger partial charge in [0.05, 0.1) is 6.89 Å². The van der Waals surface area contributed by atoms with Gasteiger partial charge in [-0.05, 0) is 98.1 Å². The molecule has 0 amide bonds. The quantitative estimate of drug-likeness (QED) is 0.160. The molecule has 228 valence electrons. The standard InChI is InChI=1S/C42H47BN2/c1-40(2,3)24-17-18-34-28(19-24)30-21-26(42(7,8)9)23-32-39(30)45(34)36-16-12-15-35-37(36)43(32)31-22-25(41(4,5)6)20-29-27-13-10-11-14-33(27)44(35)38(29)31/h12,15-23,27,33H,10-11,13-14H2,1-9H3/i27D,33D. The largest absolute Gasteiger partial charge is 0.338 e. The summed E-state index contributed by atoms with van der Waals surface area (Å²) in [5.41, 5.74) is 15.0. The van der Waals surface area contributed by atoms with Crippen molar-refractivity contribution in [3.05, 3.63) is 82.9 Å². The summed E-state index contributed by atoms with van der Waals surface area (Å²) in [4.78, 5) is 2.34. The van der Waals surface area contributed by atoms with E-state index >= 15 is 0 Å². The molecule has 5 aromatic rings. The predicted octanol–water partition coefficient (Wildman–Crippen LogP) is 9.00. The summed E-state index contributed by atoms with van der Waals surface area (Å²) in [6.07, 6.45) is 3.44. The van der Waals surface area contributed by atoms with E-state index in [4.69, 9.17) is 0 Å². The van der Waals surface area contributed by atoms with Crippen LogP contribution in [0.3, 0.4) is 0 Å². The Morgan fingerprint density at radius 1 is 0.689 bits per heavy atom. The molecule has 9 rings (SSSR count). The maximum Gasteiger partial charge on any atom is 0.252 e. The van der Waals surface area contributed by atoms with Crippen LogP contribution in [0.1, 0.15) is 119 Å². The molecule has 4 aromatic carbocycles. The second-order valence-electron chi connectivity index (χ2n) is 17.4. The van der Waals surface area contributed by atoms with Crippen molar-refractivity contribution in [2.75, 3.05) is 4.90 Å². The van der Waals surface area contributed by atoms with Crippen molar-refractivity contribution < 1.29 is 2.74 Å². The molecule has 1 aromatic heterocycles. The Balaban J connectivity index is 1.48. The highest BCUT2D eigenvalue weighted by Crippen LogP contribution is 2.53. The molecule has 4 aliphatic rings. The van der Waals surface area contributed by atoms with Gasteiger partial charge in [-0.3, -0.25) is 0 Å². The molecule has 0 spiro atoms. The molecular formula is C42H47BN2. The monoisotopic (exact) mass is 592 g/mol. The van der Waals surface area contributed by atoms with Gasteiger partial charge < -0.3 is 9.47 Å². The average Bonchev–Trinajstić information content (AvgIpc) is 3.43. The van der Waals surface area contributed by atoms with Crippen molar-refractivity contribution >= 4 is 56.3 Å². The van der Waals surface area contributed by atoms with E-state index in [2.05, 4.69) is 132 Å². The number of rotatable bonds is 0. The van der Waals surface area contributed by atoms with Gasteiger partial charge in [-0.15, -0.1) is 0 Å². The first-order valence-corrected chi connectivity index (χ1v) is 17.2. The van der Waals surface area contributed by atoms with Gasteiger partial charge in [0.1, 0.15) is 0 Å². The summed E-state index contributed by atoms with van der Waals surface area (Å²) < 4.78 is 23.0. The molecule has 1 saturated carbocycles. The lowest BCUT2D eigenvalue weighted by molar-refractivity contribution is 0.402. The fraction of sp³-hybridized carbons (Fsp3) is 0.429. The van der Waals surface area contributed by atoms with Crippen molar-refractivity contribution in [3.8, 4) is 5.69 Å². The van der Waals surface area contributed by atoms with E-state index in [-0.39, 0.29) is 23.0 Å². The van der Waals surface area contributed by atoms with Gasteiger partial charge in [-0.2, -0.15) is 0 Å². The number of nitrogens with zero attached hydrogens (tertiary/aromatic N) is 2. The molecule has 1 aliphatic carbocycles. The van der Waals surface area contributed by atoms with Gasteiger partial charge in [-0.25, -0.2) is 0 Å². The van der Waals surface area contributed by atoms with E-state index in [9.17, 15) is 2.74 Å². The Bertz CT molecular complexity index is 2210. The summed E-state index contributed by atoms with van der Waals surface area (Å²) in [7, 11) is 0. The average molecular weight is 593 g/mol. The fourth-order valence-electron chi connectivity index (χ4n) is 8.87. The van der Waals surface area contributed by atoms with E-state index in [0.717, 1.165) is 36.2 Å². The summed E-state index contributed by atoms with van der Waals surface area (Å²) in [5, 5.41) is 2.65. The van der Waals surface area contributed by atoms with Crippen LogP contribution >= 0.6 is 0 Å². The van der Waals surface area contributed by atoms with Crippen LogP contribution in [-0.2, 0) is 16.2 Å². The Morgan fingerprint density at radius 2 is 1.33 bits per heavy atom. The van der Waals surface area contributed by atoms with Crippen molar-refractivity contribution in [1.29, 1.82) is 0 Å². The van der Waals surface area contributed by atoms with Crippen LogP contribution in [-0.4, -0.2) is 17.3 Å². The zero-order chi connectivity index (χ0) is 33.2. The first kappa shape index (κ1) is 25.7. The third-order valence-corrected chi connectivity index (χ3v) is 11.3. The van der Waals surface area contributed by atoms with Crippen LogP contribution in [0.5, 0.6) is 0 Å². The maximum absolute atomic E-state index is 10.3. The highest BCUT2D eigenvalue weighted by molar-refractivity contribution is 7.00. The summed E-state index contributed by atoms with van der Waals surface area (Å²) in [6.45, 7) is 20.8. The summed E-state index contributed by atoms with van der Waals surface area (Å²) in [6, 6.07) is 22.6. The van der Waals surface area contributed by atoms with E-state index in [1.54, 1.807) is 0 Å². The lowest BCUT2D eigenvalue weighted by Gasteiger charge is -2.42. The minimum absolute atomic E-state index is 0.0259. The van der Waals surface area contributed by atoms with Crippen molar-refractivity contribution in [3.63, 3.8) is 0 Å². The Hall–Kier alpha value is -3.46. The van der Waals surface area contributed by atoms with Crippen LogP contribution in [0.25, 0.3) is 27.5 Å². The smallest absolute Gasteiger partial charge is 0.252 e. The first-order valence-electron chi connectivity index (χ1n) is 18.2. The van der Waals surface area contributed by atoms with Crippen LogP contribution in [0.2, 0.25) is 0 Å². The Labute approximate surface area is 272 Å². The number of fused-ring (bicyclic) bond motifs is 10. The van der Waals surface area contributed by atoms with Crippen LogP contribution in [0.4, 0.5) is 11.4 Å². The lowest BCUT2D eigenvalue weighted by atomic mass is 9.33. The van der Waals surface area contributed by atoms with Crippen molar-refractivity contribution in [2.24, 2.45) is 0 Å². The number of hydrogen-bond acceptors (Lipinski definition) is 1. The van der Waals surface area contributed by atoms with Gasteiger partial charge >= 0.3 is 0 Å². The van der Waals surface area contributed by atoms with Crippen molar-refractivity contribution in [1.82, 2.24) is 4.57 Å². The second-order valence-corrected chi connectivity index (χ2v) is 17.4. The van der Waals surface area contributed by atoms with Crippen LogP contribution in [0, 0.1) is 0 Å². The third-order valence-electron chi connectivity index (χ3n) is 11.3. The highest BCUT2D eigenvalue weighted by atomic mass is 15.2. The maximum atomic E-state index is 10.3. The van der Waals surface area contributed by atoms with E-state index < -0.39 is 11.9 Å². The Kier molecular flexibility index (Phi) is 4.95. The zero-order valence-corrected chi connectivity index (χ0v) is 28.6. The normalized spacial score (nSPS) is 24.0. The minimum Gasteiger partial charge on any atom is -0.338 e. The molecule has 45 heavy (non-hydrogen) atoms. The van der Waals surface area contributed by atoms with Crippen LogP contribution in [0.15, 0.2) is 60.7 Å². The molecule has 2 nitrogen and oxygen atoms in total. The molecule has 0 radical (unpaired) electrons. The lowest BCUT2D eigenvalue weighted by Crippen LogP contribution is -2.61. The first-order chi connectivity index (χ1) is 21.9. The van der Waals surface area contributed by atoms with E-state index in [1.807, 2.05) is 0 Å². The second kappa shape index (κ2) is 8.66. The van der Waals surface area contributed by atoms with E-state index in [1.165, 1.54) is 60.6 Å². The molecule has 2 atom stereocenters. The van der Waals surface area contributed by atoms with Gasteiger partial charge in [0.25, 0.3) is 6.71 Å². The SMILES string of the molecule is [2H]C12CCCCC1([2H])N1c3cccc4c3B(c3cc(C(C)(C)C)cc2c31)c1cc(C(C)(C)C)cc2c3cc(C(C)(C)C)ccc3n-4c12. The van der Waals surface area contributed by atoms with E-state index in [0.29, 0.717) is 6.42 Å². The molecule has 1 fully saturated rings. The molecule has 0 bridgehead atoms. The topological polar surface area (TPSA) is 8.17 Å². The molecule has 0 N–H and O–H groups in total. The molecule has 3 aliphatic heterocycles. The minimum atomic E-state index is -1.04. The van der Waals surface area contributed by atoms with Gasteiger partial charge in [-0.1, -0.05) is 105 Å². The molecule has 4 heterocycles. The number of hydrogen-bond donors (Lipinski definition) is 0. The fourth-order valence-corrected chi connectivity index (χ4v) is 8.87. The van der Waals surface area contributed by atoms with Crippen molar-refractivity contribution in [2.45, 2.75) is 116 Å². The number of aromatic nitrogens is 1. The molecule has 0 saturated heterocycles. The predicted molar refractivity (Wildman–Crippen MR) is 195 cm³/mol. The van der Waals surface area contributed by atoms with Gasteiger partial charge in [0.15, 0.2) is 0 Å². The zero-order valence-electron chi connectivity index (χ0n) is 30.6. The number of anilines is 2. The number of benzene rings is 4. The van der Waals surface area contributed by atoms with Crippen LogP contribution < -0.4 is 21.3 Å². The summed E-state index contributed by atoms with van der Waals surface area (Å²) in [5.74, 6) is -0.971. The van der Waals surface area contributed by atoms with Gasteiger partial charge in [0, 0.05) is 46.6 Å². The van der Waals surface area contributed by atoms with Gasteiger partial charge in [0.2, 0.25) is 0 Å². The molecule has 2 unspecified atom stereocenters. The third kappa shape index (κ3) is 3.65. The molecule has 3 heteroatoms. The summed E-state index contributed by atoms with van der Waals surface area (Å²) >= 11 is 0. The Morgan fingerprint density at radius 3 is 2.07 bits per heavy atom. The molecular weight excluding hydrogens is 543 g/mol.